The minimum absolute atomic E-state index is 0.154. The third-order valence-electron chi connectivity index (χ3n) is 3.27. The molecule has 1 aromatic carbocycles. The predicted molar refractivity (Wildman–Crippen MR) is 75.8 cm³/mol. The Labute approximate surface area is 118 Å². The van der Waals surface area contributed by atoms with Crippen LogP contribution in [0.4, 0.5) is 0 Å². The lowest BCUT2D eigenvalue weighted by molar-refractivity contribution is -0.123. The molecule has 0 spiro atoms. The van der Waals surface area contributed by atoms with E-state index in [0.29, 0.717) is 24.9 Å². The lowest BCUT2D eigenvalue weighted by Gasteiger charge is -2.23. The highest BCUT2D eigenvalue weighted by Gasteiger charge is 2.44. The summed E-state index contributed by atoms with van der Waals surface area (Å²) in [5.41, 5.74) is -0.115. The second-order valence-corrected chi connectivity index (χ2v) is 4.63. The van der Waals surface area contributed by atoms with Crippen molar-refractivity contribution in [1.29, 1.82) is 0 Å². The number of amides is 1. The van der Waals surface area contributed by atoms with Gasteiger partial charge in [0.1, 0.15) is 11.3 Å². The van der Waals surface area contributed by atoms with Crippen molar-refractivity contribution in [3.05, 3.63) is 29.8 Å². The van der Waals surface area contributed by atoms with Crippen LogP contribution in [-0.4, -0.2) is 39.2 Å². The van der Waals surface area contributed by atoms with E-state index in [1.165, 1.54) is 0 Å². The molecule has 1 amide bonds. The molecule has 1 heterocycles. The molecule has 1 saturated heterocycles. The lowest BCUT2D eigenvalue weighted by Crippen LogP contribution is -2.41. The van der Waals surface area contributed by atoms with Gasteiger partial charge in [0.05, 0.1) is 20.3 Å². The van der Waals surface area contributed by atoms with Crippen molar-refractivity contribution >= 4 is 11.9 Å². The van der Waals surface area contributed by atoms with E-state index in [1.54, 1.807) is 21.1 Å². The van der Waals surface area contributed by atoms with Crippen molar-refractivity contribution < 1.29 is 14.3 Å². The van der Waals surface area contributed by atoms with Gasteiger partial charge < -0.3 is 14.8 Å². The number of benzene rings is 1. The highest BCUT2D eigenvalue weighted by Crippen LogP contribution is 2.31. The fourth-order valence-electron chi connectivity index (χ4n) is 2.13. The van der Waals surface area contributed by atoms with Gasteiger partial charge in [0.25, 0.3) is 5.91 Å². The molecule has 0 bridgehead atoms. The molecule has 6 nitrogen and oxygen atoms in total. The smallest absolute Gasteiger partial charge is 0.256 e. The Balaban J connectivity index is 2.26. The van der Waals surface area contributed by atoms with Crippen molar-refractivity contribution in [2.75, 3.05) is 27.4 Å². The fourth-order valence-corrected chi connectivity index (χ4v) is 2.13. The first-order valence-electron chi connectivity index (χ1n) is 6.38. The van der Waals surface area contributed by atoms with Gasteiger partial charge in [0, 0.05) is 12.7 Å². The van der Waals surface area contributed by atoms with Gasteiger partial charge in [-0.15, -0.1) is 0 Å². The quantitative estimate of drug-likeness (QED) is 0.774. The second kappa shape index (κ2) is 5.92. The minimum Gasteiger partial charge on any atom is -0.496 e. The molecule has 2 N–H and O–H groups in total. The average Bonchev–Trinajstić information content (AvgIpc) is 2.75. The number of aliphatic imine (C=N–C) groups is 1. The third kappa shape index (κ3) is 2.60. The van der Waals surface area contributed by atoms with Crippen LogP contribution in [0.3, 0.4) is 0 Å². The Morgan fingerprint density at radius 3 is 2.75 bits per heavy atom. The molecule has 1 atom stereocenters. The van der Waals surface area contributed by atoms with Crippen molar-refractivity contribution in [2.45, 2.75) is 12.5 Å². The number of hydrogen-bond acceptors (Lipinski definition) is 4. The van der Waals surface area contributed by atoms with Gasteiger partial charge >= 0.3 is 0 Å². The maximum atomic E-state index is 12.3. The number of nitrogens with zero attached hydrogens (tertiary/aromatic N) is 1. The molecule has 1 aromatic rings. The van der Waals surface area contributed by atoms with Crippen molar-refractivity contribution in [2.24, 2.45) is 4.99 Å². The largest absolute Gasteiger partial charge is 0.496 e. The maximum Gasteiger partial charge on any atom is 0.256 e. The van der Waals surface area contributed by atoms with Crippen LogP contribution < -0.4 is 15.4 Å². The molecule has 0 aliphatic carbocycles. The Morgan fingerprint density at radius 1 is 1.30 bits per heavy atom. The van der Waals surface area contributed by atoms with E-state index in [0.717, 1.165) is 5.56 Å². The standard InChI is InChI=1S/C14H19N3O3/c1-14(10-6-4-5-7-11(10)20-3)12(18)16-13(17-14)15-8-9-19-2/h4-7H,8-9H2,1-3H3,(H2,15,16,17,18). The maximum absolute atomic E-state index is 12.3. The normalized spacial score (nSPS) is 23.6. The van der Waals surface area contributed by atoms with E-state index in [9.17, 15) is 4.79 Å². The van der Waals surface area contributed by atoms with Gasteiger partial charge in [0.2, 0.25) is 0 Å². The molecule has 1 fully saturated rings. The molecule has 0 saturated carbocycles. The number of hydrogen-bond donors (Lipinski definition) is 2. The van der Waals surface area contributed by atoms with Crippen molar-refractivity contribution in [3.63, 3.8) is 0 Å². The second-order valence-electron chi connectivity index (χ2n) is 4.63. The van der Waals surface area contributed by atoms with Crippen LogP contribution in [0, 0.1) is 0 Å². The zero-order valence-corrected chi connectivity index (χ0v) is 11.9. The molecule has 20 heavy (non-hydrogen) atoms. The Bertz CT molecular complexity index is 530. The van der Waals surface area contributed by atoms with E-state index in [4.69, 9.17) is 9.47 Å². The summed E-state index contributed by atoms with van der Waals surface area (Å²) in [6, 6.07) is 7.43. The van der Waals surface area contributed by atoms with Crippen molar-refractivity contribution in [3.8, 4) is 5.75 Å². The number of para-hydroxylation sites is 1. The third-order valence-corrected chi connectivity index (χ3v) is 3.27. The number of carbonyl (C=O) groups excluding carboxylic acids is 1. The number of rotatable bonds is 5. The van der Waals surface area contributed by atoms with E-state index in [-0.39, 0.29) is 5.91 Å². The Kier molecular flexibility index (Phi) is 4.24. The summed E-state index contributed by atoms with van der Waals surface area (Å²) in [6.45, 7) is 2.80. The van der Waals surface area contributed by atoms with Gasteiger partial charge in [-0.1, -0.05) is 18.2 Å². The molecule has 2 rings (SSSR count). The summed E-state index contributed by atoms with van der Waals surface area (Å²) in [7, 11) is 3.20. The number of ether oxygens (including phenoxy) is 2. The predicted octanol–water partition coefficient (Wildman–Crippen LogP) is 0.632. The Morgan fingerprint density at radius 2 is 2.05 bits per heavy atom. The molecule has 108 valence electrons. The summed E-state index contributed by atoms with van der Waals surface area (Å²) in [4.78, 5) is 16.5. The summed E-state index contributed by atoms with van der Waals surface area (Å²) in [6.07, 6.45) is 0. The number of guanidine groups is 1. The van der Waals surface area contributed by atoms with Crippen LogP contribution in [0.1, 0.15) is 12.5 Å². The van der Waals surface area contributed by atoms with Gasteiger partial charge in [-0.05, 0) is 13.0 Å². The first-order valence-corrected chi connectivity index (χ1v) is 6.38. The number of carbonyl (C=O) groups is 1. The van der Waals surface area contributed by atoms with Gasteiger partial charge in [0.15, 0.2) is 5.96 Å². The molecular weight excluding hydrogens is 258 g/mol. The van der Waals surface area contributed by atoms with Crippen LogP contribution >= 0.6 is 0 Å². The minimum atomic E-state index is -0.890. The zero-order valence-electron chi connectivity index (χ0n) is 11.9. The molecule has 0 radical (unpaired) electrons. The Hall–Kier alpha value is -2.08. The topological polar surface area (TPSA) is 72.0 Å². The average molecular weight is 277 g/mol. The molecule has 1 aliphatic rings. The summed E-state index contributed by atoms with van der Waals surface area (Å²) < 4.78 is 10.3. The van der Waals surface area contributed by atoms with Gasteiger partial charge in [-0.3, -0.25) is 15.1 Å². The highest BCUT2D eigenvalue weighted by molar-refractivity contribution is 6.09. The first-order chi connectivity index (χ1) is 9.61. The molecule has 1 aliphatic heterocycles. The van der Waals surface area contributed by atoms with E-state index in [1.807, 2.05) is 24.3 Å². The van der Waals surface area contributed by atoms with Crippen LogP contribution in [0.25, 0.3) is 0 Å². The number of methoxy groups -OCH3 is 2. The molecule has 6 heteroatoms. The van der Waals surface area contributed by atoms with Crippen LogP contribution in [0.15, 0.2) is 29.3 Å². The first kappa shape index (κ1) is 14.3. The summed E-state index contributed by atoms with van der Waals surface area (Å²) in [5, 5.41) is 5.86. The van der Waals surface area contributed by atoms with E-state index < -0.39 is 5.54 Å². The molecule has 1 unspecified atom stereocenters. The molecular formula is C14H19N3O3. The van der Waals surface area contributed by atoms with E-state index in [2.05, 4.69) is 15.6 Å². The highest BCUT2D eigenvalue weighted by atomic mass is 16.5. The SMILES string of the molecule is COCCN=C1NC(=O)C(C)(c2ccccc2OC)N1. The van der Waals surface area contributed by atoms with Crippen LogP contribution in [-0.2, 0) is 15.1 Å². The van der Waals surface area contributed by atoms with Crippen LogP contribution in [0.2, 0.25) is 0 Å². The van der Waals surface area contributed by atoms with Crippen molar-refractivity contribution in [1.82, 2.24) is 10.6 Å². The zero-order chi connectivity index (χ0) is 14.6. The summed E-state index contributed by atoms with van der Waals surface area (Å²) in [5.74, 6) is 0.967. The van der Waals surface area contributed by atoms with Crippen LogP contribution in [0.5, 0.6) is 5.75 Å². The van der Waals surface area contributed by atoms with Gasteiger partial charge in [-0.25, -0.2) is 0 Å². The molecule has 0 aromatic heterocycles. The lowest BCUT2D eigenvalue weighted by atomic mass is 9.91. The van der Waals surface area contributed by atoms with E-state index >= 15 is 0 Å². The monoisotopic (exact) mass is 277 g/mol. The number of nitrogens with one attached hydrogen (secondary N) is 2. The van der Waals surface area contributed by atoms with Gasteiger partial charge in [-0.2, -0.15) is 0 Å². The summed E-state index contributed by atoms with van der Waals surface area (Å²) >= 11 is 0. The fraction of sp³-hybridized carbons (Fsp3) is 0.429.